The SMILES string of the molecule is O=C1NCCCc2ccc(C(Cl)C3CCCC3)cc21. The lowest BCUT2D eigenvalue weighted by Gasteiger charge is -2.18. The minimum atomic E-state index is 0.0591. The Morgan fingerprint density at radius 2 is 2.00 bits per heavy atom. The van der Waals surface area contributed by atoms with E-state index in [1.165, 1.54) is 25.7 Å². The predicted octanol–water partition coefficient (Wildman–Crippen LogP) is 3.83. The molecule has 102 valence electrons. The minimum Gasteiger partial charge on any atom is -0.352 e. The van der Waals surface area contributed by atoms with Crippen LogP contribution in [0.15, 0.2) is 18.2 Å². The van der Waals surface area contributed by atoms with Crippen molar-refractivity contribution in [3.63, 3.8) is 0 Å². The lowest BCUT2D eigenvalue weighted by Crippen LogP contribution is -2.22. The zero-order valence-electron chi connectivity index (χ0n) is 11.1. The van der Waals surface area contributed by atoms with Crippen molar-refractivity contribution in [1.82, 2.24) is 5.32 Å². The summed E-state index contributed by atoms with van der Waals surface area (Å²) in [6.07, 6.45) is 7.02. The van der Waals surface area contributed by atoms with E-state index in [2.05, 4.69) is 17.4 Å². The van der Waals surface area contributed by atoms with E-state index in [0.29, 0.717) is 5.92 Å². The average molecular weight is 278 g/mol. The van der Waals surface area contributed by atoms with E-state index in [9.17, 15) is 4.79 Å². The quantitative estimate of drug-likeness (QED) is 0.818. The fraction of sp³-hybridized carbons (Fsp3) is 0.562. The van der Waals surface area contributed by atoms with Crippen molar-refractivity contribution in [2.75, 3.05) is 6.54 Å². The van der Waals surface area contributed by atoms with Gasteiger partial charge in [-0.25, -0.2) is 0 Å². The Morgan fingerprint density at radius 3 is 2.79 bits per heavy atom. The molecule has 1 saturated carbocycles. The zero-order chi connectivity index (χ0) is 13.2. The first-order valence-corrected chi connectivity index (χ1v) is 7.74. The van der Waals surface area contributed by atoms with Gasteiger partial charge in [0.2, 0.25) is 0 Å². The second-order valence-corrected chi connectivity index (χ2v) is 6.19. The Labute approximate surface area is 119 Å². The molecule has 0 bridgehead atoms. The summed E-state index contributed by atoms with van der Waals surface area (Å²) in [7, 11) is 0. The number of alkyl halides is 1. The monoisotopic (exact) mass is 277 g/mol. The molecule has 0 aromatic heterocycles. The number of hydrogen-bond donors (Lipinski definition) is 1. The van der Waals surface area contributed by atoms with Crippen LogP contribution in [0.5, 0.6) is 0 Å². The highest BCUT2D eigenvalue weighted by Crippen LogP contribution is 2.40. The van der Waals surface area contributed by atoms with Gasteiger partial charge in [0.25, 0.3) is 5.91 Å². The molecule has 19 heavy (non-hydrogen) atoms. The van der Waals surface area contributed by atoms with Gasteiger partial charge in [0, 0.05) is 12.1 Å². The summed E-state index contributed by atoms with van der Waals surface area (Å²) in [5.74, 6) is 0.637. The highest BCUT2D eigenvalue weighted by molar-refractivity contribution is 6.21. The number of amides is 1. The van der Waals surface area contributed by atoms with Gasteiger partial charge in [-0.2, -0.15) is 0 Å². The average Bonchev–Trinajstić information content (AvgIpc) is 2.90. The molecule has 1 unspecified atom stereocenters. The van der Waals surface area contributed by atoms with Crippen LogP contribution in [0.25, 0.3) is 0 Å². The van der Waals surface area contributed by atoms with Crippen molar-refractivity contribution >= 4 is 17.5 Å². The molecule has 1 heterocycles. The summed E-state index contributed by atoms with van der Waals surface area (Å²) < 4.78 is 0. The van der Waals surface area contributed by atoms with Gasteiger partial charge in [0.05, 0.1) is 5.38 Å². The molecule has 1 fully saturated rings. The molecule has 1 atom stereocenters. The first-order chi connectivity index (χ1) is 9.25. The maximum Gasteiger partial charge on any atom is 0.251 e. The molecular formula is C16H20ClNO. The summed E-state index contributed by atoms with van der Waals surface area (Å²) in [6, 6.07) is 6.24. The van der Waals surface area contributed by atoms with E-state index < -0.39 is 0 Å². The number of benzene rings is 1. The molecule has 3 rings (SSSR count). The van der Waals surface area contributed by atoms with E-state index in [0.717, 1.165) is 36.1 Å². The van der Waals surface area contributed by atoms with Crippen LogP contribution in [0.3, 0.4) is 0 Å². The highest BCUT2D eigenvalue weighted by Gasteiger charge is 2.26. The number of carbonyl (C=O) groups is 1. The molecule has 1 N–H and O–H groups in total. The second kappa shape index (κ2) is 5.54. The van der Waals surface area contributed by atoms with Crippen LogP contribution in [-0.2, 0) is 6.42 Å². The van der Waals surface area contributed by atoms with Crippen LogP contribution in [0, 0.1) is 5.92 Å². The third-order valence-corrected chi connectivity index (χ3v) is 5.03. The third-order valence-electron chi connectivity index (χ3n) is 4.42. The van der Waals surface area contributed by atoms with Crippen molar-refractivity contribution in [3.05, 3.63) is 34.9 Å². The Balaban J connectivity index is 1.89. The molecule has 0 radical (unpaired) electrons. The zero-order valence-corrected chi connectivity index (χ0v) is 11.9. The van der Waals surface area contributed by atoms with Gasteiger partial charge in [-0.1, -0.05) is 25.0 Å². The van der Waals surface area contributed by atoms with Crippen LogP contribution >= 0.6 is 11.6 Å². The number of hydrogen-bond acceptors (Lipinski definition) is 1. The Kier molecular flexibility index (Phi) is 3.79. The van der Waals surface area contributed by atoms with E-state index in [4.69, 9.17) is 11.6 Å². The van der Waals surface area contributed by atoms with Gasteiger partial charge in [-0.15, -0.1) is 11.6 Å². The second-order valence-electron chi connectivity index (χ2n) is 5.72. The smallest absolute Gasteiger partial charge is 0.251 e. The number of fused-ring (bicyclic) bond motifs is 1. The van der Waals surface area contributed by atoms with Crippen LogP contribution in [0.1, 0.15) is 59.0 Å². The van der Waals surface area contributed by atoms with Gasteiger partial charge < -0.3 is 5.32 Å². The van der Waals surface area contributed by atoms with E-state index in [1.54, 1.807) is 0 Å². The van der Waals surface area contributed by atoms with E-state index in [1.807, 2.05) is 6.07 Å². The van der Waals surface area contributed by atoms with Crippen LogP contribution in [-0.4, -0.2) is 12.5 Å². The largest absolute Gasteiger partial charge is 0.352 e. The number of carbonyl (C=O) groups excluding carboxylic acids is 1. The van der Waals surface area contributed by atoms with Crippen molar-refractivity contribution in [2.45, 2.75) is 43.9 Å². The Hall–Kier alpha value is -1.02. The highest BCUT2D eigenvalue weighted by atomic mass is 35.5. The molecule has 1 amide bonds. The molecule has 2 nitrogen and oxygen atoms in total. The fourth-order valence-electron chi connectivity index (χ4n) is 3.29. The van der Waals surface area contributed by atoms with Crippen molar-refractivity contribution in [1.29, 1.82) is 0 Å². The third kappa shape index (κ3) is 2.64. The summed E-state index contributed by atoms with van der Waals surface area (Å²) >= 11 is 6.61. The maximum atomic E-state index is 12.0. The molecule has 1 aliphatic heterocycles. The topological polar surface area (TPSA) is 29.1 Å². The molecular weight excluding hydrogens is 258 g/mol. The summed E-state index contributed by atoms with van der Waals surface area (Å²) in [6.45, 7) is 0.774. The van der Waals surface area contributed by atoms with Gasteiger partial charge in [0.1, 0.15) is 0 Å². The number of nitrogens with one attached hydrogen (secondary N) is 1. The number of rotatable bonds is 2. The van der Waals surface area contributed by atoms with Gasteiger partial charge >= 0.3 is 0 Å². The van der Waals surface area contributed by atoms with Crippen molar-refractivity contribution < 1.29 is 4.79 Å². The van der Waals surface area contributed by atoms with Crippen LogP contribution in [0.2, 0.25) is 0 Å². The lowest BCUT2D eigenvalue weighted by molar-refractivity contribution is 0.0956. The maximum absolute atomic E-state index is 12.0. The molecule has 1 aliphatic carbocycles. The number of aryl methyl sites for hydroxylation is 1. The Bertz CT molecular complexity index is 480. The first-order valence-electron chi connectivity index (χ1n) is 7.31. The van der Waals surface area contributed by atoms with E-state index >= 15 is 0 Å². The molecule has 2 aliphatic rings. The van der Waals surface area contributed by atoms with Crippen molar-refractivity contribution in [2.24, 2.45) is 5.92 Å². The normalized spacial score (nSPS) is 21.6. The molecule has 1 aromatic carbocycles. The van der Waals surface area contributed by atoms with Crippen molar-refractivity contribution in [3.8, 4) is 0 Å². The first kappa shape index (κ1) is 13.0. The summed E-state index contributed by atoms with van der Waals surface area (Å²) in [5.41, 5.74) is 3.11. The lowest BCUT2D eigenvalue weighted by atomic mass is 9.93. The summed E-state index contributed by atoms with van der Waals surface area (Å²) in [5, 5.41) is 3.01. The predicted molar refractivity (Wildman–Crippen MR) is 77.6 cm³/mol. The van der Waals surface area contributed by atoms with Crippen LogP contribution in [0.4, 0.5) is 0 Å². The van der Waals surface area contributed by atoms with Gasteiger partial charge in [-0.3, -0.25) is 4.79 Å². The number of halogens is 1. The molecule has 1 aromatic rings. The van der Waals surface area contributed by atoms with Gasteiger partial charge in [-0.05, 0) is 48.8 Å². The van der Waals surface area contributed by atoms with Gasteiger partial charge in [0.15, 0.2) is 0 Å². The van der Waals surface area contributed by atoms with E-state index in [-0.39, 0.29) is 11.3 Å². The molecule has 0 spiro atoms. The standard InChI is InChI=1S/C16H20ClNO/c17-15(12-4-1-2-5-12)13-8-7-11-6-3-9-18-16(19)14(11)10-13/h7-8,10,12,15H,1-6,9H2,(H,18,19). The minimum absolute atomic E-state index is 0.0591. The Morgan fingerprint density at radius 1 is 1.21 bits per heavy atom. The fourth-order valence-corrected chi connectivity index (χ4v) is 3.68. The molecule has 0 saturated heterocycles. The van der Waals surface area contributed by atoms with Crippen LogP contribution < -0.4 is 5.32 Å². The summed E-state index contributed by atoms with van der Waals surface area (Å²) in [4.78, 5) is 12.0. The molecule has 3 heteroatoms.